The molecule has 2 nitrogen and oxygen atoms in total. The van der Waals surface area contributed by atoms with Gasteiger partial charge in [0.05, 0.1) is 0 Å². The van der Waals surface area contributed by atoms with E-state index in [0.717, 1.165) is 18.0 Å². The van der Waals surface area contributed by atoms with Gasteiger partial charge in [0.1, 0.15) is 0 Å². The van der Waals surface area contributed by atoms with E-state index in [1.807, 2.05) is 0 Å². The SMILES string of the molecule is CCCCN(C1CC1)C1CC(C(C)(C)C)CCC1NC. The molecule has 0 bridgehead atoms. The number of likely N-dealkylation sites (N-methyl/N-ethyl adjacent to an activating group) is 1. The Morgan fingerprint density at radius 1 is 1.10 bits per heavy atom. The lowest BCUT2D eigenvalue weighted by molar-refractivity contribution is 0.0545. The topological polar surface area (TPSA) is 15.3 Å². The summed E-state index contributed by atoms with van der Waals surface area (Å²) < 4.78 is 0. The average Bonchev–Trinajstić information content (AvgIpc) is 3.22. The maximum atomic E-state index is 3.62. The molecule has 0 aromatic heterocycles. The summed E-state index contributed by atoms with van der Waals surface area (Å²) in [6.45, 7) is 10.9. The van der Waals surface area contributed by atoms with Crippen molar-refractivity contribution in [3.8, 4) is 0 Å². The first-order valence-corrected chi connectivity index (χ1v) is 8.90. The molecule has 0 aliphatic heterocycles. The molecule has 3 unspecified atom stereocenters. The van der Waals surface area contributed by atoms with E-state index in [0.29, 0.717) is 11.5 Å². The highest BCUT2D eigenvalue weighted by molar-refractivity contribution is 4.98. The van der Waals surface area contributed by atoms with Crippen LogP contribution in [0.4, 0.5) is 0 Å². The molecule has 2 saturated carbocycles. The van der Waals surface area contributed by atoms with Gasteiger partial charge in [-0.25, -0.2) is 0 Å². The monoisotopic (exact) mass is 280 g/mol. The van der Waals surface area contributed by atoms with E-state index in [1.54, 1.807) is 0 Å². The molecule has 1 N–H and O–H groups in total. The zero-order chi connectivity index (χ0) is 14.8. The van der Waals surface area contributed by atoms with E-state index in [9.17, 15) is 0 Å². The van der Waals surface area contributed by atoms with Gasteiger partial charge in [-0.2, -0.15) is 0 Å². The van der Waals surface area contributed by atoms with Crippen LogP contribution in [-0.4, -0.2) is 36.6 Å². The smallest absolute Gasteiger partial charge is 0.0254 e. The van der Waals surface area contributed by atoms with Crippen LogP contribution in [0.5, 0.6) is 0 Å². The van der Waals surface area contributed by atoms with Crippen molar-refractivity contribution < 1.29 is 0 Å². The molecule has 2 aliphatic rings. The fourth-order valence-electron chi connectivity index (χ4n) is 4.00. The van der Waals surface area contributed by atoms with Gasteiger partial charge in [0.15, 0.2) is 0 Å². The number of hydrogen-bond acceptors (Lipinski definition) is 2. The summed E-state index contributed by atoms with van der Waals surface area (Å²) in [4.78, 5) is 2.88. The zero-order valence-electron chi connectivity index (χ0n) is 14.4. The van der Waals surface area contributed by atoms with E-state index in [2.05, 4.69) is 45.0 Å². The lowest BCUT2D eigenvalue weighted by Crippen LogP contribution is -2.54. The standard InChI is InChI=1S/C18H36N2/c1-6-7-12-20(15-9-10-15)17-13-14(18(2,3)4)8-11-16(17)19-5/h14-17,19H,6-13H2,1-5H3. The molecule has 2 aliphatic carbocycles. The minimum atomic E-state index is 0.469. The van der Waals surface area contributed by atoms with Gasteiger partial charge in [-0.1, -0.05) is 34.1 Å². The molecule has 0 spiro atoms. The highest BCUT2D eigenvalue weighted by Crippen LogP contribution is 2.42. The van der Waals surface area contributed by atoms with Crippen LogP contribution < -0.4 is 5.32 Å². The first kappa shape index (κ1) is 16.3. The summed E-state index contributed by atoms with van der Waals surface area (Å²) >= 11 is 0. The van der Waals surface area contributed by atoms with E-state index in [1.165, 1.54) is 51.5 Å². The predicted molar refractivity (Wildman–Crippen MR) is 88.1 cm³/mol. The molecule has 0 saturated heterocycles. The maximum absolute atomic E-state index is 3.62. The molecule has 20 heavy (non-hydrogen) atoms. The maximum Gasteiger partial charge on any atom is 0.0254 e. The van der Waals surface area contributed by atoms with Gasteiger partial charge in [0, 0.05) is 18.1 Å². The Morgan fingerprint density at radius 3 is 2.30 bits per heavy atom. The van der Waals surface area contributed by atoms with E-state index < -0.39 is 0 Å². The second-order valence-corrected chi connectivity index (χ2v) is 8.16. The van der Waals surface area contributed by atoms with Crippen molar-refractivity contribution in [1.82, 2.24) is 10.2 Å². The zero-order valence-corrected chi connectivity index (χ0v) is 14.4. The van der Waals surface area contributed by atoms with Crippen LogP contribution >= 0.6 is 0 Å². The third-order valence-electron chi connectivity index (χ3n) is 5.62. The average molecular weight is 280 g/mol. The number of nitrogens with one attached hydrogen (secondary N) is 1. The third-order valence-corrected chi connectivity index (χ3v) is 5.62. The third kappa shape index (κ3) is 3.98. The Balaban J connectivity index is 2.06. The van der Waals surface area contributed by atoms with E-state index in [4.69, 9.17) is 0 Å². The number of hydrogen-bond donors (Lipinski definition) is 1. The van der Waals surface area contributed by atoms with Crippen LogP contribution in [0.3, 0.4) is 0 Å². The molecule has 3 atom stereocenters. The van der Waals surface area contributed by atoms with Gasteiger partial charge in [0.25, 0.3) is 0 Å². The largest absolute Gasteiger partial charge is 0.315 e. The molecule has 0 amide bonds. The molecule has 0 aromatic carbocycles. The van der Waals surface area contributed by atoms with Crippen molar-refractivity contribution in [1.29, 1.82) is 0 Å². The Morgan fingerprint density at radius 2 is 1.80 bits per heavy atom. The second kappa shape index (κ2) is 6.79. The van der Waals surface area contributed by atoms with Crippen LogP contribution in [0.1, 0.15) is 72.6 Å². The van der Waals surface area contributed by atoms with Gasteiger partial charge in [0.2, 0.25) is 0 Å². The normalized spacial score (nSPS) is 31.8. The number of nitrogens with zero attached hydrogens (tertiary/aromatic N) is 1. The first-order valence-electron chi connectivity index (χ1n) is 8.90. The molecule has 118 valence electrons. The Bertz CT molecular complexity index is 290. The van der Waals surface area contributed by atoms with Crippen molar-refractivity contribution >= 4 is 0 Å². The van der Waals surface area contributed by atoms with Crippen molar-refractivity contribution in [2.24, 2.45) is 11.3 Å². The molecule has 2 fully saturated rings. The van der Waals surface area contributed by atoms with Crippen molar-refractivity contribution in [3.63, 3.8) is 0 Å². The van der Waals surface area contributed by atoms with Crippen LogP contribution in [0.25, 0.3) is 0 Å². The molecule has 0 heterocycles. The quantitative estimate of drug-likeness (QED) is 0.789. The van der Waals surface area contributed by atoms with E-state index in [-0.39, 0.29) is 0 Å². The fraction of sp³-hybridized carbons (Fsp3) is 1.00. The van der Waals surface area contributed by atoms with Crippen molar-refractivity contribution in [3.05, 3.63) is 0 Å². The van der Waals surface area contributed by atoms with Crippen LogP contribution in [0.2, 0.25) is 0 Å². The van der Waals surface area contributed by atoms with Crippen LogP contribution in [-0.2, 0) is 0 Å². The number of rotatable bonds is 6. The summed E-state index contributed by atoms with van der Waals surface area (Å²) in [7, 11) is 2.17. The summed E-state index contributed by atoms with van der Waals surface area (Å²) in [5.41, 5.74) is 0.469. The van der Waals surface area contributed by atoms with Gasteiger partial charge < -0.3 is 5.32 Å². The second-order valence-electron chi connectivity index (χ2n) is 8.16. The molecule has 0 radical (unpaired) electrons. The lowest BCUT2D eigenvalue weighted by atomic mass is 9.69. The Hall–Kier alpha value is -0.0800. The van der Waals surface area contributed by atoms with Crippen LogP contribution in [0, 0.1) is 11.3 Å². The molecule has 2 heteroatoms. The molecule has 2 rings (SSSR count). The molecule has 0 aromatic rings. The minimum absolute atomic E-state index is 0.469. The Kier molecular flexibility index (Phi) is 5.53. The van der Waals surface area contributed by atoms with Crippen molar-refractivity contribution in [2.75, 3.05) is 13.6 Å². The lowest BCUT2D eigenvalue weighted by Gasteiger charge is -2.46. The molecular weight excluding hydrogens is 244 g/mol. The van der Waals surface area contributed by atoms with Gasteiger partial charge in [-0.05, 0) is 63.5 Å². The van der Waals surface area contributed by atoms with Gasteiger partial charge >= 0.3 is 0 Å². The summed E-state index contributed by atoms with van der Waals surface area (Å²) in [5.74, 6) is 0.889. The fourth-order valence-corrected chi connectivity index (χ4v) is 4.00. The summed E-state index contributed by atoms with van der Waals surface area (Å²) in [6.07, 6.45) is 9.73. The Labute approximate surface area is 126 Å². The number of unbranched alkanes of at least 4 members (excludes halogenated alkanes) is 1. The predicted octanol–water partition coefficient (Wildman–Crippen LogP) is 4.05. The van der Waals surface area contributed by atoms with E-state index >= 15 is 0 Å². The summed E-state index contributed by atoms with van der Waals surface area (Å²) in [6, 6.07) is 2.39. The molecular formula is C18H36N2. The van der Waals surface area contributed by atoms with Crippen molar-refractivity contribution in [2.45, 2.75) is 90.8 Å². The van der Waals surface area contributed by atoms with Crippen LogP contribution in [0.15, 0.2) is 0 Å². The highest BCUT2D eigenvalue weighted by Gasteiger charge is 2.42. The minimum Gasteiger partial charge on any atom is -0.315 e. The van der Waals surface area contributed by atoms with Gasteiger partial charge in [-0.15, -0.1) is 0 Å². The first-order chi connectivity index (χ1) is 9.47. The summed E-state index contributed by atoms with van der Waals surface area (Å²) in [5, 5.41) is 3.62. The highest BCUT2D eigenvalue weighted by atomic mass is 15.2. The van der Waals surface area contributed by atoms with Gasteiger partial charge in [-0.3, -0.25) is 4.90 Å².